The Kier molecular flexibility index (Phi) is 2.91. The lowest BCUT2D eigenvalue weighted by atomic mass is 10.3. The molecule has 0 fully saturated rings. The highest BCUT2D eigenvalue weighted by Crippen LogP contribution is 2.26. The van der Waals surface area contributed by atoms with Crippen molar-refractivity contribution in [3.05, 3.63) is 45.9 Å². The average molecular weight is 262 g/mol. The number of H-pyrrole nitrogens is 1. The van der Waals surface area contributed by atoms with E-state index in [1.807, 2.05) is 31.2 Å². The van der Waals surface area contributed by atoms with E-state index >= 15 is 0 Å². The van der Waals surface area contributed by atoms with Crippen molar-refractivity contribution in [1.29, 1.82) is 0 Å². The lowest BCUT2D eigenvalue weighted by Gasteiger charge is -2.05. The third kappa shape index (κ3) is 1.84. The molecular weight excluding hydrogens is 248 g/mol. The quantitative estimate of drug-likeness (QED) is 0.923. The highest BCUT2D eigenvalue weighted by molar-refractivity contribution is 7.98. The highest BCUT2D eigenvalue weighted by atomic mass is 32.2. The zero-order chi connectivity index (χ0) is 12.5. The van der Waals surface area contributed by atoms with Gasteiger partial charge < -0.3 is 4.74 Å². The van der Waals surface area contributed by atoms with Gasteiger partial charge in [-0.3, -0.25) is 9.89 Å². The monoisotopic (exact) mass is 262 g/mol. The molecule has 0 aliphatic carbocycles. The fourth-order valence-corrected chi connectivity index (χ4v) is 3.13. The van der Waals surface area contributed by atoms with Crippen LogP contribution in [0.4, 0.5) is 0 Å². The molecule has 0 bridgehead atoms. The first-order chi connectivity index (χ1) is 8.79. The zero-order valence-corrected chi connectivity index (χ0v) is 10.9. The molecular formula is C13H14N2O2S. The first-order valence-electron chi connectivity index (χ1n) is 5.93. The summed E-state index contributed by atoms with van der Waals surface area (Å²) in [6, 6.07) is 7.55. The average Bonchev–Trinajstić information content (AvgIpc) is 2.95. The van der Waals surface area contributed by atoms with Gasteiger partial charge in [0.25, 0.3) is 5.56 Å². The Morgan fingerprint density at radius 1 is 1.33 bits per heavy atom. The van der Waals surface area contributed by atoms with Crippen LogP contribution in [0.2, 0.25) is 0 Å². The number of nitrogens with zero attached hydrogens (tertiary/aromatic N) is 1. The number of rotatable bonds is 3. The topological polar surface area (TPSA) is 47.0 Å². The van der Waals surface area contributed by atoms with Crippen molar-refractivity contribution in [2.45, 2.75) is 18.4 Å². The fraction of sp³-hybridized carbons (Fsp3) is 0.308. The first kappa shape index (κ1) is 11.5. The lowest BCUT2D eigenvalue weighted by Crippen LogP contribution is -2.16. The number of hydrogen-bond acceptors (Lipinski definition) is 3. The second-order valence-corrected chi connectivity index (χ2v) is 5.11. The van der Waals surface area contributed by atoms with Crippen LogP contribution in [0.5, 0.6) is 5.75 Å². The smallest absolute Gasteiger partial charge is 0.275 e. The van der Waals surface area contributed by atoms with Crippen LogP contribution in [0.1, 0.15) is 18.2 Å². The molecule has 4 nitrogen and oxygen atoms in total. The molecule has 1 aromatic carbocycles. The van der Waals surface area contributed by atoms with E-state index in [1.165, 1.54) is 0 Å². The van der Waals surface area contributed by atoms with E-state index in [9.17, 15) is 4.79 Å². The maximum atomic E-state index is 12.2. The van der Waals surface area contributed by atoms with Gasteiger partial charge in [0.2, 0.25) is 0 Å². The minimum atomic E-state index is 0.0687. The van der Waals surface area contributed by atoms with Gasteiger partial charge >= 0.3 is 0 Å². The lowest BCUT2D eigenvalue weighted by molar-refractivity contribution is 0.340. The van der Waals surface area contributed by atoms with E-state index in [0.29, 0.717) is 6.61 Å². The molecule has 2 aromatic rings. The highest BCUT2D eigenvalue weighted by Gasteiger charge is 2.20. The van der Waals surface area contributed by atoms with Crippen LogP contribution in [0.3, 0.4) is 0 Å². The standard InChI is InChI=1S/C13H14N2O2S/c1-2-17-10-5-3-9(4-6-10)15-13(16)11-7-18-8-12(11)14-15/h3-6,14H,2,7-8H2,1H3. The second kappa shape index (κ2) is 4.57. The number of benzene rings is 1. The molecule has 5 heteroatoms. The van der Waals surface area contributed by atoms with Gasteiger partial charge in [0, 0.05) is 11.5 Å². The molecule has 1 aliphatic heterocycles. The number of aromatic nitrogens is 2. The van der Waals surface area contributed by atoms with Crippen LogP contribution in [-0.2, 0) is 11.5 Å². The number of thioether (sulfide) groups is 1. The van der Waals surface area contributed by atoms with Gasteiger partial charge in [0.15, 0.2) is 0 Å². The molecule has 0 unspecified atom stereocenters. The molecule has 2 heterocycles. The van der Waals surface area contributed by atoms with Crippen molar-refractivity contribution in [1.82, 2.24) is 9.78 Å². The predicted molar refractivity (Wildman–Crippen MR) is 72.6 cm³/mol. The van der Waals surface area contributed by atoms with Crippen molar-refractivity contribution in [3.63, 3.8) is 0 Å². The molecule has 0 saturated carbocycles. The third-order valence-electron chi connectivity index (χ3n) is 2.97. The Labute approximate surface area is 109 Å². The molecule has 0 radical (unpaired) electrons. The van der Waals surface area contributed by atoms with E-state index in [-0.39, 0.29) is 5.56 Å². The SMILES string of the molecule is CCOc1ccc(-n2[nH]c3c(c2=O)CSC3)cc1. The Balaban J connectivity index is 1.97. The number of fused-ring (bicyclic) bond motifs is 1. The molecule has 18 heavy (non-hydrogen) atoms. The van der Waals surface area contributed by atoms with Crippen LogP contribution in [0, 0.1) is 0 Å². The van der Waals surface area contributed by atoms with Gasteiger partial charge in [0.1, 0.15) is 5.75 Å². The van der Waals surface area contributed by atoms with E-state index < -0.39 is 0 Å². The van der Waals surface area contributed by atoms with Gasteiger partial charge in [-0.05, 0) is 31.2 Å². The summed E-state index contributed by atoms with van der Waals surface area (Å²) >= 11 is 1.77. The van der Waals surface area contributed by atoms with Crippen LogP contribution >= 0.6 is 11.8 Å². The largest absolute Gasteiger partial charge is 0.494 e. The molecule has 3 rings (SSSR count). The number of hydrogen-bond donors (Lipinski definition) is 1. The molecule has 94 valence electrons. The van der Waals surface area contributed by atoms with Gasteiger partial charge in [-0.1, -0.05) is 0 Å². The van der Waals surface area contributed by atoms with Crippen molar-refractivity contribution in [3.8, 4) is 11.4 Å². The molecule has 1 aromatic heterocycles. The summed E-state index contributed by atoms with van der Waals surface area (Å²) < 4.78 is 7.00. The van der Waals surface area contributed by atoms with Crippen LogP contribution in [0.15, 0.2) is 29.1 Å². The third-order valence-corrected chi connectivity index (χ3v) is 3.96. The number of nitrogens with one attached hydrogen (secondary N) is 1. The summed E-state index contributed by atoms with van der Waals surface area (Å²) in [7, 11) is 0. The van der Waals surface area contributed by atoms with E-state index in [2.05, 4.69) is 5.10 Å². The van der Waals surface area contributed by atoms with E-state index in [0.717, 1.165) is 34.2 Å². The summed E-state index contributed by atoms with van der Waals surface area (Å²) in [6.07, 6.45) is 0. The van der Waals surface area contributed by atoms with E-state index in [1.54, 1.807) is 16.4 Å². The maximum absolute atomic E-state index is 12.2. The minimum Gasteiger partial charge on any atom is -0.494 e. The van der Waals surface area contributed by atoms with Crippen molar-refractivity contribution in [2.75, 3.05) is 6.61 Å². The van der Waals surface area contributed by atoms with Gasteiger partial charge in [0.05, 0.1) is 23.6 Å². The molecule has 0 amide bonds. The molecule has 0 saturated heterocycles. The molecule has 1 aliphatic rings. The normalized spacial score (nSPS) is 13.6. The van der Waals surface area contributed by atoms with Gasteiger partial charge in [-0.2, -0.15) is 11.8 Å². The molecule has 0 spiro atoms. The number of aromatic amines is 1. The van der Waals surface area contributed by atoms with Gasteiger partial charge in [-0.15, -0.1) is 0 Å². The summed E-state index contributed by atoms with van der Waals surface area (Å²) in [5.41, 5.74) is 2.88. The zero-order valence-electron chi connectivity index (χ0n) is 10.1. The van der Waals surface area contributed by atoms with Crippen molar-refractivity contribution >= 4 is 11.8 Å². The maximum Gasteiger partial charge on any atom is 0.275 e. The van der Waals surface area contributed by atoms with Crippen LogP contribution < -0.4 is 10.3 Å². The Bertz CT molecular complexity index is 613. The van der Waals surface area contributed by atoms with Gasteiger partial charge in [-0.25, -0.2) is 4.68 Å². The second-order valence-electron chi connectivity index (χ2n) is 4.13. The number of ether oxygens (including phenoxy) is 1. The Morgan fingerprint density at radius 3 is 2.78 bits per heavy atom. The summed E-state index contributed by atoms with van der Waals surface area (Å²) in [4.78, 5) is 12.2. The molecule has 0 atom stereocenters. The van der Waals surface area contributed by atoms with Crippen LogP contribution in [-0.4, -0.2) is 16.4 Å². The van der Waals surface area contributed by atoms with Crippen molar-refractivity contribution < 1.29 is 4.74 Å². The van der Waals surface area contributed by atoms with Crippen molar-refractivity contribution in [2.24, 2.45) is 0 Å². The minimum absolute atomic E-state index is 0.0687. The first-order valence-corrected chi connectivity index (χ1v) is 7.09. The summed E-state index contributed by atoms with van der Waals surface area (Å²) in [5, 5.41) is 3.17. The van der Waals surface area contributed by atoms with Crippen LogP contribution in [0.25, 0.3) is 5.69 Å². The summed E-state index contributed by atoms with van der Waals surface area (Å²) in [6.45, 7) is 2.60. The fourth-order valence-electron chi connectivity index (χ4n) is 2.08. The van der Waals surface area contributed by atoms with E-state index in [4.69, 9.17) is 4.74 Å². The Hall–Kier alpha value is -1.62. The molecule has 1 N–H and O–H groups in total. The summed E-state index contributed by atoms with van der Waals surface area (Å²) in [5.74, 6) is 2.53. The predicted octanol–water partition coefficient (Wildman–Crippen LogP) is 2.31. The Morgan fingerprint density at radius 2 is 2.11 bits per heavy atom.